The molecule has 0 aromatic heterocycles. The Morgan fingerprint density at radius 1 is 1.24 bits per heavy atom. The summed E-state index contributed by atoms with van der Waals surface area (Å²) in [6, 6.07) is 7.12. The molecule has 4 heteroatoms. The SMILES string of the molecule is COC(=O)c1ccccc1OCCCCCS. The number of ether oxygens (including phenoxy) is 2. The minimum absolute atomic E-state index is 0.365. The molecule has 0 aliphatic carbocycles. The lowest BCUT2D eigenvalue weighted by molar-refractivity contribution is 0.0596. The van der Waals surface area contributed by atoms with Crippen molar-refractivity contribution in [3.63, 3.8) is 0 Å². The van der Waals surface area contributed by atoms with Crippen molar-refractivity contribution >= 4 is 18.6 Å². The lowest BCUT2D eigenvalue weighted by Gasteiger charge is -2.09. The molecule has 1 aromatic rings. The van der Waals surface area contributed by atoms with Gasteiger partial charge in [-0.2, -0.15) is 12.6 Å². The molecule has 1 aromatic carbocycles. The molecule has 3 nitrogen and oxygen atoms in total. The fourth-order valence-corrected chi connectivity index (χ4v) is 1.67. The first kappa shape index (κ1) is 13.9. The van der Waals surface area contributed by atoms with Gasteiger partial charge in [-0.05, 0) is 37.1 Å². The fraction of sp³-hybridized carbons (Fsp3) is 0.462. The molecule has 0 aliphatic heterocycles. The fourth-order valence-electron chi connectivity index (χ4n) is 1.44. The van der Waals surface area contributed by atoms with Crippen molar-refractivity contribution in [1.29, 1.82) is 0 Å². The number of esters is 1. The first-order valence-corrected chi connectivity index (χ1v) is 6.34. The molecule has 0 saturated heterocycles. The molecule has 0 radical (unpaired) electrons. The maximum atomic E-state index is 11.5. The van der Waals surface area contributed by atoms with Crippen LogP contribution in [0.1, 0.15) is 29.6 Å². The van der Waals surface area contributed by atoms with E-state index in [0.29, 0.717) is 17.9 Å². The van der Waals surface area contributed by atoms with Crippen LogP contribution in [-0.2, 0) is 4.74 Å². The van der Waals surface area contributed by atoms with Crippen LogP contribution in [0.4, 0.5) is 0 Å². The van der Waals surface area contributed by atoms with Crippen LogP contribution in [0.25, 0.3) is 0 Å². The monoisotopic (exact) mass is 254 g/mol. The van der Waals surface area contributed by atoms with E-state index >= 15 is 0 Å². The molecular formula is C13H18O3S. The van der Waals surface area contributed by atoms with E-state index in [4.69, 9.17) is 9.47 Å². The topological polar surface area (TPSA) is 35.5 Å². The van der Waals surface area contributed by atoms with Crippen LogP contribution < -0.4 is 4.74 Å². The number of hydrogen-bond acceptors (Lipinski definition) is 4. The van der Waals surface area contributed by atoms with Crippen LogP contribution >= 0.6 is 12.6 Å². The lowest BCUT2D eigenvalue weighted by Crippen LogP contribution is -2.06. The van der Waals surface area contributed by atoms with Gasteiger partial charge in [0, 0.05) is 0 Å². The molecule has 1 rings (SSSR count). The first-order valence-electron chi connectivity index (χ1n) is 5.70. The number of hydrogen-bond donors (Lipinski definition) is 1. The molecule has 0 unspecified atom stereocenters. The van der Waals surface area contributed by atoms with Crippen LogP contribution in [0.3, 0.4) is 0 Å². The van der Waals surface area contributed by atoms with Gasteiger partial charge >= 0.3 is 5.97 Å². The Hall–Kier alpha value is -1.16. The summed E-state index contributed by atoms with van der Waals surface area (Å²) in [5.74, 6) is 1.12. The van der Waals surface area contributed by atoms with Crippen molar-refractivity contribution in [2.45, 2.75) is 19.3 Å². The Morgan fingerprint density at radius 2 is 2.00 bits per heavy atom. The lowest BCUT2D eigenvalue weighted by atomic mass is 10.2. The Balaban J connectivity index is 2.49. The van der Waals surface area contributed by atoms with Gasteiger partial charge in [-0.15, -0.1) is 0 Å². The molecule has 0 spiro atoms. The average molecular weight is 254 g/mol. The van der Waals surface area contributed by atoms with Gasteiger partial charge in [-0.1, -0.05) is 12.1 Å². The molecule has 0 atom stereocenters. The van der Waals surface area contributed by atoms with Gasteiger partial charge in [0.25, 0.3) is 0 Å². The molecule has 0 bridgehead atoms. The zero-order valence-electron chi connectivity index (χ0n) is 10.0. The molecule has 0 amide bonds. The Kier molecular flexibility index (Phi) is 6.55. The number of carbonyl (C=O) groups is 1. The summed E-state index contributed by atoms with van der Waals surface area (Å²) in [5.41, 5.74) is 0.476. The molecule has 94 valence electrons. The van der Waals surface area contributed by atoms with Crippen molar-refractivity contribution in [2.24, 2.45) is 0 Å². The predicted octanol–water partition coefficient (Wildman–Crippen LogP) is 2.95. The van der Waals surface area contributed by atoms with E-state index in [2.05, 4.69) is 12.6 Å². The molecule has 0 N–H and O–H groups in total. The molecule has 0 heterocycles. The van der Waals surface area contributed by atoms with Crippen LogP contribution in [0.15, 0.2) is 24.3 Å². The van der Waals surface area contributed by atoms with Crippen molar-refractivity contribution in [2.75, 3.05) is 19.5 Å². The molecule has 17 heavy (non-hydrogen) atoms. The summed E-state index contributed by atoms with van der Waals surface area (Å²) in [5, 5.41) is 0. The third-order valence-electron chi connectivity index (χ3n) is 2.35. The predicted molar refractivity (Wildman–Crippen MR) is 71.0 cm³/mol. The summed E-state index contributed by atoms with van der Waals surface area (Å²) in [4.78, 5) is 11.5. The van der Waals surface area contributed by atoms with Crippen LogP contribution in [0, 0.1) is 0 Å². The Labute approximate surface area is 108 Å². The second-order valence-electron chi connectivity index (χ2n) is 3.62. The first-order chi connectivity index (χ1) is 8.29. The zero-order valence-corrected chi connectivity index (χ0v) is 10.9. The Morgan fingerprint density at radius 3 is 2.71 bits per heavy atom. The number of para-hydroxylation sites is 1. The van der Waals surface area contributed by atoms with Gasteiger partial charge in [0.15, 0.2) is 0 Å². The van der Waals surface area contributed by atoms with E-state index in [1.54, 1.807) is 18.2 Å². The van der Waals surface area contributed by atoms with Crippen molar-refractivity contribution < 1.29 is 14.3 Å². The molecule has 0 saturated carbocycles. The summed E-state index contributed by atoms with van der Waals surface area (Å²) in [6.07, 6.45) is 3.14. The van der Waals surface area contributed by atoms with Gasteiger partial charge in [0.05, 0.1) is 13.7 Å². The number of rotatable bonds is 7. The number of benzene rings is 1. The van der Waals surface area contributed by atoms with Crippen LogP contribution in [0.2, 0.25) is 0 Å². The van der Waals surface area contributed by atoms with Crippen molar-refractivity contribution in [3.8, 4) is 5.75 Å². The highest BCUT2D eigenvalue weighted by molar-refractivity contribution is 7.80. The van der Waals surface area contributed by atoms with E-state index in [1.807, 2.05) is 6.07 Å². The third kappa shape index (κ3) is 4.69. The highest BCUT2D eigenvalue weighted by Crippen LogP contribution is 2.19. The van der Waals surface area contributed by atoms with Crippen LogP contribution in [-0.4, -0.2) is 25.4 Å². The van der Waals surface area contributed by atoms with Gasteiger partial charge in [0.1, 0.15) is 11.3 Å². The van der Waals surface area contributed by atoms with E-state index in [1.165, 1.54) is 7.11 Å². The van der Waals surface area contributed by atoms with E-state index in [0.717, 1.165) is 25.0 Å². The minimum Gasteiger partial charge on any atom is -0.493 e. The van der Waals surface area contributed by atoms with E-state index in [9.17, 15) is 4.79 Å². The summed E-state index contributed by atoms with van der Waals surface area (Å²) in [6.45, 7) is 0.613. The van der Waals surface area contributed by atoms with E-state index in [-0.39, 0.29) is 5.97 Å². The second kappa shape index (κ2) is 8.01. The molecule has 0 fully saturated rings. The maximum Gasteiger partial charge on any atom is 0.341 e. The van der Waals surface area contributed by atoms with Gasteiger partial charge in [-0.25, -0.2) is 4.79 Å². The number of thiol groups is 1. The van der Waals surface area contributed by atoms with Crippen molar-refractivity contribution in [1.82, 2.24) is 0 Å². The van der Waals surface area contributed by atoms with Crippen LogP contribution in [0.5, 0.6) is 5.75 Å². The minimum atomic E-state index is -0.365. The van der Waals surface area contributed by atoms with Gasteiger partial charge < -0.3 is 9.47 Å². The van der Waals surface area contributed by atoms with Gasteiger partial charge in [0.2, 0.25) is 0 Å². The standard InChI is InChI=1S/C13H18O3S/c1-15-13(14)11-7-3-4-8-12(11)16-9-5-2-6-10-17/h3-4,7-8,17H,2,5-6,9-10H2,1H3. The maximum absolute atomic E-state index is 11.5. The third-order valence-corrected chi connectivity index (χ3v) is 2.67. The molecular weight excluding hydrogens is 236 g/mol. The second-order valence-corrected chi connectivity index (χ2v) is 4.07. The summed E-state index contributed by atoms with van der Waals surface area (Å²) in [7, 11) is 1.37. The number of methoxy groups -OCH3 is 1. The largest absolute Gasteiger partial charge is 0.493 e. The zero-order chi connectivity index (χ0) is 12.5. The normalized spacial score (nSPS) is 10.0. The quantitative estimate of drug-likeness (QED) is 0.461. The summed E-state index contributed by atoms with van der Waals surface area (Å²) >= 11 is 4.15. The highest BCUT2D eigenvalue weighted by atomic mass is 32.1. The smallest absolute Gasteiger partial charge is 0.341 e. The Bertz CT molecular complexity index is 352. The van der Waals surface area contributed by atoms with Crippen molar-refractivity contribution in [3.05, 3.63) is 29.8 Å². The highest BCUT2D eigenvalue weighted by Gasteiger charge is 2.11. The number of unbranched alkanes of at least 4 members (excludes halogenated alkanes) is 2. The average Bonchev–Trinajstić information content (AvgIpc) is 2.38. The van der Waals surface area contributed by atoms with E-state index < -0.39 is 0 Å². The van der Waals surface area contributed by atoms with Gasteiger partial charge in [-0.3, -0.25) is 0 Å². The number of carbonyl (C=O) groups excluding carboxylic acids is 1. The molecule has 0 aliphatic rings. The summed E-state index contributed by atoms with van der Waals surface area (Å²) < 4.78 is 10.3.